The smallest absolute Gasteiger partial charge is 0.0638 e. The summed E-state index contributed by atoms with van der Waals surface area (Å²) in [7, 11) is 3.98. The maximum atomic E-state index is 9.32. The summed E-state index contributed by atoms with van der Waals surface area (Å²) >= 11 is 6.01. The second-order valence-corrected chi connectivity index (χ2v) is 5.23. The number of nitrogens with one attached hydrogen (secondary N) is 1. The van der Waals surface area contributed by atoms with E-state index in [1.807, 2.05) is 39.2 Å². The van der Waals surface area contributed by atoms with Gasteiger partial charge in [-0.1, -0.05) is 23.7 Å². The number of aliphatic hydroxyl groups excluding tert-OH is 1. The minimum Gasteiger partial charge on any atom is -0.392 e. The third-order valence-corrected chi connectivity index (χ3v) is 3.21. The van der Waals surface area contributed by atoms with Crippen molar-refractivity contribution >= 4 is 11.6 Å². The van der Waals surface area contributed by atoms with E-state index in [1.54, 1.807) is 0 Å². The van der Waals surface area contributed by atoms with E-state index in [4.69, 9.17) is 11.6 Å². The fourth-order valence-electron chi connectivity index (χ4n) is 2.09. The van der Waals surface area contributed by atoms with Crippen molar-refractivity contribution in [2.24, 2.45) is 0 Å². The molecule has 0 bridgehead atoms. The average molecular weight is 271 g/mol. The molecule has 4 heteroatoms. The van der Waals surface area contributed by atoms with Crippen LogP contribution in [-0.4, -0.2) is 43.3 Å². The first-order chi connectivity index (χ1) is 8.52. The van der Waals surface area contributed by atoms with E-state index < -0.39 is 0 Å². The van der Waals surface area contributed by atoms with Gasteiger partial charge in [0.25, 0.3) is 0 Å². The zero-order chi connectivity index (χ0) is 13.5. The summed E-state index contributed by atoms with van der Waals surface area (Å²) in [5, 5.41) is 13.4. The highest BCUT2D eigenvalue weighted by atomic mass is 35.5. The molecule has 1 aromatic rings. The Kier molecular flexibility index (Phi) is 6.65. The minimum absolute atomic E-state index is 0.283. The van der Waals surface area contributed by atoms with Crippen LogP contribution in [0.1, 0.15) is 24.9 Å². The summed E-state index contributed by atoms with van der Waals surface area (Å²) in [5.41, 5.74) is 1.20. The lowest BCUT2D eigenvalue weighted by Crippen LogP contribution is -2.30. The van der Waals surface area contributed by atoms with Gasteiger partial charge in [0.2, 0.25) is 0 Å². The van der Waals surface area contributed by atoms with Gasteiger partial charge in [-0.05, 0) is 51.7 Å². The molecule has 3 nitrogen and oxygen atoms in total. The molecule has 0 aliphatic heterocycles. The van der Waals surface area contributed by atoms with Crippen LogP contribution in [0.3, 0.4) is 0 Å². The van der Waals surface area contributed by atoms with Crippen molar-refractivity contribution < 1.29 is 5.11 Å². The maximum absolute atomic E-state index is 9.32. The number of halogens is 1. The third-order valence-electron chi connectivity index (χ3n) is 2.97. The Balaban J connectivity index is 2.52. The van der Waals surface area contributed by atoms with Crippen LogP contribution in [0.25, 0.3) is 0 Å². The molecule has 2 unspecified atom stereocenters. The van der Waals surface area contributed by atoms with Crippen LogP contribution in [0, 0.1) is 0 Å². The maximum Gasteiger partial charge on any atom is 0.0638 e. The lowest BCUT2D eigenvalue weighted by molar-refractivity contribution is 0.139. The summed E-state index contributed by atoms with van der Waals surface area (Å²) in [6.07, 6.45) is 0.703. The molecule has 0 spiro atoms. The fraction of sp³-hybridized carbons (Fsp3) is 0.571. The molecule has 0 saturated carbocycles. The molecular formula is C14H23ClN2O. The lowest BCUT2D eigenvalue weighted by Gasteiger charge is -2.22. The molecule has 0 fully saturated rings. The van der Waals surface area contributed by atoms with Crippen molar-refractivity contribution in [3.8, 4) is 0 Å². The largest absolute Gasteiger partial charge is 0.392 e. The monoisotopic (exact) mass is 270 g/mol. The van der Waals surface area contributed by atoms with Crippen LogP contribution < -0.4 is 5.32 Å². The molecule has 2 atom stereocenters. The van der Waals surface area contributed by atoms with Crippen LogP contribution in [0.5, 0.6) is 0 Å². The molecule has 1 rings (SSSR count). The van der Waals surface area contributed by atoms with Crippen LogP contribution in [0.4, 0.5) is 0 Å². The number of hydrogen-bond acceptors (Lipinski definition) is 3. The molecule has 0 amide bonds. The summed E-state index contributed by atoms with van der Waals surface area (Å²) in [6.45, 7) is 3.44. The fourth-order valence-corrected chi connectivity index (χ4v) is 2.29. The lowest BCUT2D eigenvalue weighted by atomic mass is 10.0. The number of aliphatic hydroxyl groups is 1. The van der Waals surface area contributed by atoms with E-state index in [9.17, 15) is 5.11 Å². The van der Waals surface area contributed by atoms with Gasteiger partial charge in [-0.3, -0.25) is 0 Å². The molecule has 2 N–H and O–H groups in total. The molecule has 0 aliphatic carbocycles. The molecule has 0 heterocycles. The van der Waals surface area contributed by atoms with Crippen molar-refractivity contribution in [2.45, 2.75) is 25.5 Å². The first-order valence-electron chi connectivity index (χ1n) is 6.32. The molecule has 0 radical (unpaired) electrons. The highest BCUT2D eigenvalue weighted by molar-refractivity contribution is 6.30. The highest BCUT2D eigenvalue weighted by Gasteiger charge is 2.11. The van der Waals surface area contributed by atoms with Gasteiger partial charge in [0.05, 0.1) is 6.10 Å². The zero-order valence-electron chi connectivity index (χ0n) is 11.4. The van der Waals surface area contributed by atoms with Crippen molar-refractivity contribution in [1.29, 1.82) is 0 Å². The Hall–Kier alpha value is -0.610. The second-order valence-electron chi connectivity index (χ2n) is 4.80. The van der Waals surface area contributed by atoms with Crippen LogP contribution >= 0.6 is 11.6 Å². The predicted molar refractivity (Wildman–Crippen MR) is 77.0 cm³/mol. The molecule has 0 saturated heterocycles. The SMILES string of the molecule is CNC(CCN(C)CC(C)O)c1cccc(Cl)c1. The first kappa shape index (κ1) is 15.4. The molecule has 0 aliphatic rings. The molecule has 102 valence electrons. The molecule has 0 aromatic heterocycles. The van der Waals surface area contributed by atoms with Crippen molar-refractivity contribution in [2.75, 3.05) is 27.2 Å². The number of nitrogens with zero attached hydrogens (tertiary/aromatic N) is 1. The first-order valence-corrected chi connectivity index (χ1v) is 6.70. The topological polar surface area (TPSA) is 35.5 Å². The number of likely N-dealkylation sites (N-methyl/N-ethyl adjacent to an activating group) is 1. The summed E-state index contributed by atoms with van der Waals surface area (Å²) in [4.78, 5) is 2.14. The van der Waals surface area contributed by atoms with Crippen LogP contribution in [0.2, 0.25) is 5.02 Å². The molecule has 18 heavy (non-hydrogen) atoms. The summed E-state index contributed by atoms with van der Waals surface area (Å²) in [5.74, 6) is 0. The van der Waals surface area contributed by atoms with E-state index in [0.717, 1.165) is 18.0 Å². The summed E-state index contributed by atoms with van der Waals surface area (Å²) < 4.78 is 0. The molecular weight excluding hydrogens is 248 g/mol. The van der Waals surface area contributed by atoms with Gasteiger partial charge in [-0.15, -0.1) is 0 Å². The minimum atomic E-state index is -0.283. The van der Waals surface area contributed by atoms with E-state index in [-0.39, 0.29) is 6.10 Å². The van der Waals surface area contributed by atoms with Gasteiger partial charge in [-0.2, -0.15) is 0 Å². The second kappa shape index (κ2) is 7.74. The van der Waals surface area contributed by atoms with E-state index in [1.165, 1.54) is 5.56 Å². The Labute approximate surface area is 115 Å². The van der Waals surface area contributed by atoms with Crippen molar-refractivity contribution in [3.05, 3.63) is 34.9 Å². The van der Waals surface area contributed by atoms with E-state index >= 15 is 0 Å². The van der Waals surface area contributed by atoms with E-state index in [0.29, 0.717) is 12.6 Å². The third kappa shape index (κ3) is 5.36. The Morgan fingerprint density at radius 3 is 2.72 bits per heavy atom. The van der Waals surface area contributed by atoms with Crippen molar-refractivity contribution in [3.63, 3.8) is 0 Å². The highest BCUT2D eigenvalue weighted by Crippen LogP contribution is 2.20. The Morgan fingerprint density at radius 1 is 1.44 bits per heavy atom. The van der Waals surface area contributed by atoms with Gasteiger partial charge >= 0.3 is 0 Å². The van der Waals surface area contributed by atoms with Crippen LogP contribution in [-0.2, 0) is 0 Å². The van der Waals surface area contributed by atoms with Gasteiger partial charge < -0.3 is 15.3 Å². The zero-order valence-corrected chi connectivity index (χ0v) is 12.1. The normalized spacial score (nSPS) is 14.8. The number of benzene rings is 1. The molecule has 1 aromatic carbocycles. The van der Waals surface area contributed by atoms with E-state index in [2.05, 4.69) is 16.3 Å². The van der Waals surface area contributed by atoms with Gasteiger partial charge in [0.1, 0.15) is 0 Å². The Bertz CT molecular complexity index is 357. The van der Waals surface area contributed by atoms with Gasteiger partial charge in [0.15, 0.2) is 0 Å². The quantitative estimate of drug-likeness (QED) is 0.798. The van der Waals surface area contributed by atoms with Crippen LogP contribution in [0.15, 0.2) is 24.3 Å². The Morgan fingerprint density at radius 2 is 2.17 bits per heavy atom. The van der Waals surface area contributed by atoms with Gasteiger partial charge in [0, 0.05) is 17.6 Å². The number of rotatable bonds is 7. The van der Waals surface area contributed by atoms with Crippen molar-refractivity contribution in [1.82, 2.24) is 10.2 Å². The number of hydrogen-bond donors (Lipinski definition) is 2. The predicted octanol–water partition coefficient (Wildman–Crippen LogP) is 2.30. The standard InChI is InChI=1S/C14H23ClN2O/c1-11(18)10-17(3)8-7-14(16-2)12-5-4-6-13(15)9-12/h4-6,9,11,14,16,18H,7-8,10H2,1-3H3. The summed E-state index contributed by atoms with van der Waals surface area (Å²) in [6, 6.07) is 8.23. The average Bonchev–Trinajstić information content (AvgIpc) is 2.29. The van der Waals surface area contributed by atoms with Gasteiger partial charge in [-0.25, -0.2) is 0 Å².